The van der Waals surface area contributed by atoms with Gasteiger partial charge in [-0.15, -0.1) is 10.2 Å². The molecule has 0 saturated carbocycles. The Hall–Kier alpha value is -3.22. The third kappa shape index (κ3) is 2.13. The van der Waals surface area contributed by atoms with Crippen molar-refractivity contribution in [3.05, 3.63) is 46.6 Å². The number of hydrogen-bond donors (Lipinski definition) is 1. The Morgan fingerprint density at radius 3 is 2.48 bits per heavy atom. The average molecular weight is 307 g/mol. The molecule has 2 heterocycles. The Kier molecular flexibility index (Phi) is 2.87. The molecule has 0 aliphatic heterocycles. The fraction of sp³-hybridized carbons (Fsp3) is 0.125. The van der Waals surface area contributed by atoms with Crippen LogP contribution in [0.2, 0.25) is 0 Å². The summed E-state index contributed by atoms with van der Waals surface area (Å²) in [5.74, 6) is 0.438. The summed E-state index contributed by atoms with van der Waals surface area (Å²) in [6.07, 6.45) is 0. The van der Waals surface area contributed by atoms with Gasteiger partial charge in [0.25, 0.3) is 0 Å². The van der Waals surface area contributed by atoms with E-state index in [0.717, 1.165) is 5.69 Å². The number of anilines is 1. The number of aromatic nitrogens is 4. The molecular formula is C16H13N5O2. The number of tetrazole rings is 1. The smallest absolute Gasteiger partial charge is 0.204 e. The molecule has 0 aliphatic rings. The Morgan fingerprint density at radius 2 is 1.78 bits per heavy atom. The van der Waals surface area contributed by atoms with E-state index in [1.807, 2.05) is 37.2 Å². The van der Waals surface area contributed by atoms with E-state index in [9.17, 15) is 4.79 Å². The first-order valence-corrected chi connectivity index (χ1v) is 7.05. The number of hydrogen-bond acceptors (Lipinski definition) is 6. The highest BCUT2D eigenvalue weighted by molar-refractivity contribution is 5.92. The number of nitrogens with one attached hydrogen (secondary N) is 1. The van der Waals surface area contributed by atoms with Crippen LogP contribution in [0.15, 0.2) is 45.6 Å². The van der Waals surface area contributed by atoms with Crippen LogP contribution < -0.4 is 10.3 Å². The van der Waals surface area contributed by atoms with E-state index >= 15 is 0 Å². The van der Waals surface area contributed by atoms with Gasteiger partial charge in [0.2, 0.25) is 11.3 Å². The van der Waals surface area contributed by atoms with E-state index in [-0.39, 0.29) is 5.43 Å². The summed E-state index contributed by atoms with van der Waals surface area (Å²) < 4.78 is 5.85. The highest BCUT2D eigenvalue weighted by Crippen LogP contribution is 2.25. The predicted octanol–water partition coefficient (Wildman–Crippen LogP) is 2.19. The number of rotatable bonds is 2. The molecule has 1 N–H and O–H groups in total. The number of aromatic amines is 1. The van der Waals surface area contributed by atoms with E-state index < -0.39 is 0 Å². The Morgan fingerprint density at radius 1 is 1.04 bits per heavy atom. The van der Waals surface area contributed by atoms with Gasteiger partial charge in [0, 0.05) is 25.3 Å². The van der Waals surface area contributed by atoms with Crippen molar-refractivity contribution in [2.45, 2.75) is 0 Å². The van der Waals surface area contributed by atoms with Crippen LogP contribution in [0, 0.1) is 0 Å². The van der Waals surface area contributed by atoms with E-state index in [1.54, 1.807) is 18.2 Å². The molecule has 7 nitrogen and oxygen atoms in total. The normalized spacial score (nSPS) is 11.2. The van der Waals surface area contributed by atoms with Gasteiger partial charge in [-0.1, -0.05) is 0 Å². The maximum Gasteiger partial charge on any atom is 0.204 e. The second-order valence-electron chi connectivity index (χ2n) is 5.45. The maximum atomic E-state index is 12.8. The predicted molar refractivity (Wildman–Crippen MR) is 87.5 cm³/mol. The van der Waals surface area contributed by atoms with Gasteiger partial charge in [-0.3, -0.25) is 4.79 Å². The molecule has 2 aromatic carbocycles. The summed E-state index contributed by atoms with van der Waals surface area (Å²) in [4.78, 5) is 14.8. The molecule has 23 heavy (non-hydrogen) atoms. The highest BCUT2D eigenvalue weighted by atomic mass is 16.3. The molecule has 0 atom stereocenters. The van der Waals surface area contributed by atoms with Crippen molar-refractivity contribution >= 4 is 27.6 Å². The van der Waals surface area contributed by atoms with Crippen LogP contribution in [-0.2, 0) is 0 Å². The first kappa shape index (κ1) is 13.4. The monoisotopic (exact) mass is 307 g/mol. The average Bonchev–Trinajstić information content (AvgIpc) is 3.09. The molecule has 4 aromatic rings. The lowest BCUT2D eigenvalue weighted by molar-refractivity contribution is 0.660. The second kappa shape index (κ2) is 4.91. The van der Waals surface area contributed by atoms with E-state index in [0.29, 0.717) is 33.3 Å². The molecule has 0 fully saturated rings. The molecule has 0 bridgehead atoms. The third-order valence-corrected chi connectivity index (χ3v) is 3.77. The lowest BCUT2D eigenvalue weighted by Gasteiger charge is -2.12. The molecule has 0 amide bonds. The summed E-state index contributed by atoms with van der Waals surface area (Å²) in [6.45, 7) is 0. The summed E-state index contributed by atoms with van der Waals surface area (Å²) in [5, 5.41) is 14.9. The Balaban J connectivity index is 2.02. The van der Waals surface area contributed by atoms with Crippen LogP contribution in [0.5, 0.6) is 0 Å². The molecule has 4 rings (SSSR count). The van der Waals surface area contributed by atoms with Crippen LogP contribution >= 0.6 is 0 Å². The molecule has 114 valence electrons. The van der Waals surface area contributed by atoms with Crippen molar-refractivity contribution in [2.75, 3.05) is 19.0 Å². The van der Waals surface area contributed by atoms with Gasteiger partial charge in [0.15, 0.2) is 0 Å². The van der Waals surface area contributed by atoms with Crippen molar-refractivity contribution in [3.8, 4) is 11.4 Å². The van der Waals surface area contributed by atoms with Crippen molar-refractivity contribution in [1.29, 1.82) is 0 Å². The van der Waals surface area contributed by atoms with E-state index in [4.69, 9.17) is 4.42 Å². The minimum absolute atomic E-state index is 0.0738. The molecular weight excluding hydrogens is 294 g/mol. The van der Waals surface area contributed by atoms with Crippen LogP contribution in [0.3, 0.4) is 0 Å². The standard InChI is InChI=1S/C16H13N5O2/c1-21(2)10-4-6-14-12(8-10)15(22)11-7-9(3-5-13(11)23-14)16-17-19-20-18-16/h3-8H,1-2H3,(H,17,18,19,20). The van der Waals surface area contributed by atoms with Gasteiger partial charge in [-0.25, -0.2) is 0 Å². The minimum atomic E-state index is -0.0738. The van der Waals surface area contributed by atoms with Crippen molar-refractivity contribution in [2.24, 2.45) is 0 Å². The third-order valence-electron chi connectivity index (χ3n) is 3.77. The first-order chi connectivity index (χ1) is 11.1. The number of benzene rings is 2. The molecule has 0 spiro atoms. The van der Waals surface area contributed by atoms with Crippen LogP contribution in [-0.4, -0.2) is 34.7 Å². The van der Waals surface area contributed by atoms with Gasteiger partial charge >= 0.3 is 0 Å². The van der Waals surface area contributed by atoms with Gasteiger partial charge in [-0.2, -0.15) is 5.21 Å². The van der Waals surface area contributed by atoms with E-state index in [1.165, 1.54) is 0 Å². The lowest BCUT2D eigenvalue weighted by atomic mass is 10.1. The lowest BCUT2D eigenvalue weighted by Crippen LogP contribution is -2.10. The Labute approximate surface area is 130 Å². The largest absolute Gasteiger partial charge is 0.456 e. The first-order valence-electron chi connectivity index (χ1n) is 7.05. The molecule has 0 aliphatic carbocycles. The zero-order chi connectivity index (χ0) is 16.0. The molecule has 0 radical (unpaired) electrons. The molecule has 0 unspecified atom stereocenters. The fourth-order valence-electron chi connectivity index (χ4n) is 2.55. The van der Waals surface area contributed by atoms with Gasteiger partial charge in [-0.05, 0) is 41.6 Å². The maximum absolute atomic E-state index is 12.8. The van der Waals surface area contributed by atoms with E-state index in [2.05, 4.69) is 20.6 Å². The van der Waals surface area contributed by atoms with Gasteiger partial charge in [0.1, 0.15) is 11.2 Å². The number of nitrogens with zero attached hydrogens (tertiary/aromatic N) is 4. The van der Waals surface area contributed by atoms with Gasteiger partial charge in [0.05, 0.1) is 10.8 Å². The van der Waals surface area contributed by atoms with Crippen molar-refractivity contribution in [1.82, 2.24) is 20.6 Å². The topological polar surface area (TPSA) is 87.9 Å². The number of H-pyrrole nitrogens is 1. The van der Waals surface area contributed by atoms with Crippen LogP contribution in [0.1, 0.15) is 0 Å². The van der Waals surface area contributed by atoms with Crippen molar-refractivity contribution < 1.29 is 4.42 Å². The molecule has 2 aromatic heterocycles. The van der Waals surface area contributed by atoms with Gasteiger partial charge < -0.3 is 9.32 Å². The van der Waals surface area contributed by atoms with Crippen LogP contribution in [0.4, 0.5) is 5.69 Å². The number of fused-ring (bicyclic) bond motifs is 2. The zero-order valence-corrected chi connectivity index (χ0v) is 12.6. The quantitative estimate of drug-likeness (QED) is 0.571. The summed E-state index contributed by atoms with van der Waals surface area (Å²) in [6, 6.07) is 10.9. The van der Waals surface area contributed by atoms with Crippen LogP contribution in [0.25, 0.3) is 33.3 Å². The van der Waals surface area contributed by atoms with Crippen molar-refractivity contribution in [3.63, 3.8) is 0 Å². The summed E-state index contributed by atoms with van der Waals surface area (Å²) in [5.41, 5.74) is 2.68. The zero-order valence-electron chi connectivity index (χ0n) is 12.6. The second-order valence-corrected chi connectivity index (χ2v) is 5.45. The molecule has 7 heteroatoms. The summed E-state index contributed by atoms with van der Waals surface area (Å²) in [7, 11) is 3.86. The SMILES string of the molecule is CN(C)c1ccc2oc3ccc(-c4nn[nH]n4)cc3c(=O)c2c1. The molecule has 0 saturated heterocycles. The summed E-state index contributed by atoms with van der Waals surface area (Å²) >= 11 is 0. The Bertz CT molecular complexity index is 1070. The minimum Gasteiger partial charge on any atom is -0.456 e. The fourth-order valence-corrected chi connectivity index (χ4v) is 2.55. The highest BCUT2D eigenvalue weighted by Gasteiger charge is 2.11.